The molecule has 0 bridgehead atoms. The number of carbonyl (C=O) groups is 1. The largest absolute Gasteiger partial charge is 0.484 e. The second kappa shape index (κ2) is 12.8. The molecule has 0 radical (unpaired) electrons. The molecule has 0 spiro atoms. The van der Waals surface area contributed by atoms with Crippen molar-refractivity contribution in [1.29, 1.82) is 0 Å². The van der Waals surface area contributed by atoms with Gasteiger partial charge >= 0.3 is 0 Å². The Morgan fingerprint density at radius 3 is 2.90 bits per heavy atom. The van der Waals surface area contributed by atoms with Gasteiger partial charge in [0, 0.05) is 38.3 Å². The molecular formula is C28H35ClN6O4. The number of fused-ring (bicyclic) bond motifs is 1. The molecule has 208 valence electrons. The average molecular weight is 555 g/mol. The van der Waals surface area contributed by atoms with Gasteiger partial charge in [0.2, 0.25) is 0 Å². The van der Waals surface area contributed by atoms with Gasteiger partial charge in [0.1, 0.15) is 30.2 Å². The number of oxazole rings is 1. The quantitative estimate of drug-likeness (QED) is 0.342. The van der Waals surface area contributed by atoms with Crippen molar-refractivity contribution >= 4 is 23.3 Å². The second-order valence-electron chi connectivity index (χ2n) is 10.3. The van der Waals surface area contributed by atoms with Gasteiger partial charge in [0.15, 0.2) is 12.2 Å². The van der Waals surface area contributed by atoms with Crippen LogP contribution in [-0.2, 0) is 19.6 Å². The Bertz CT molecular complexity index is 1280. The summed E-state index contributed by atoms with van der Waals surface area (Å²) in [6.07, 6.45) is 8.75. The topological polar surface area (TPSA) is 126 Å². The highest BCUT2D eigenvalue weighted by atomic mass is 35.5. The lowest BCUT2D eigenvalue weighted by Gasteiger charge is -2.31. The molecule has 3 N–H and O–H groups in total. The van der Waals surface area contributed by atoms with Crippen LogP contribution in [0.5, 0.6) is 5.75 Å². The number of aryl methyl sites for hydroxylation is 1. The molecule has 2 aromatic heterocycles. The van der Waals surface area contributed by atoms with Gasteiger partial charge in [0.25, 0.3) is 5.91 Å². The van der Waals surface area contributed by atoms with E-state index in [1.54, 1.807) is 6.07 Å². The molecule has 3 aromatic rings. The van der Waals surface area contributed by atoms with Crippen molar-refractivity contribution < 1.29 is 19.1 Å². The summed E-state index contributed by atoms with van der Waals surface area (Å²) in [4.78, 5) is 27.3. The van der Waals surface area contributed by atoms with E-state index in [1.165, 1.54) is 32.0 Å². The summed E-state index contributed by atoms with van der Waals surface area (Å²) in [5, 5.41) is 17.5. The molecule has 10 nitrogen and oxygen atoms in total. The third kappa shape index (κ3) is 7.06. The number of hydrogen-bond acceptors (Lipinski definition) is 9. The monoisotopic (exact) mass is 554 g/mol. The third-order valence-corrected chi connectivity index (χ3v) is 7.82. The first-order valence-corrected chi connectivity index (χ1v) is 13.9. The first kappa shape index (κ1) is 27.4. The zero-order chi connectivity index (χ0) is 27.2. The number of aromatic nitrogens is 3. The highest BCUT2D eigenvalue weighted by molar-refractivity contribution is 6.33. The summed E-state index contributed by atoms with van der Waals surface area (Å²) >= 11 is 6.67. The molecule has 2 aliphatic rings. The minimum Gasteiger partial charge on any atom is -0.484 e. The molecular weight excluding hydrogens is 520 g/mol. The van der Waals surface area contributed by atoms with Crippen LogP contribution in [0.15, 0.2) is 35.3 Å². The van der Waals surface area contributed by atoms with Crippen LogP contribution in [0.3, 0.4) is 0 Å². The van der Waals surface area contributed by atoms with Gasteiger partial charge < -0.3 is 24.9 Å². The van der Waals surface area contributed by atoms with Crippen LogP contribution >= 0.6 is 11.6 Å². The summed E-state index contributed by atoms with van der Waals surface area (Å²) in [6, 6.07) is 5.94. The van der Waals surface area contributed by atoms with Crippen LogP contribution < -0.4 is 15.4 Å². The Labute approximate surface area is 233 Å². The molecule has 3 heterocycles. The molecule has 1 amide bonds. The van der Waals surface area contributed by atoms with Crippen LogP contribution in [0.2, 0.25) is 5.02 Å². The van der Waals surface area contributed by atoms with E-state index in [4.69, 9.17) is 20.8 Å². The number of carbonyl (C=O) groups excluding carboxylic acids is 1. The number of benzene rings is 1. The average Bonchev–Trinajstić information content (AvgIpc) is 3.36. The number of aliphatic hydroxyl groups excluding tert-OH is 1. The predicted molar refractivity (Wildman–Crippen MR) is 147 cm³/mol. The van der Waals surface area contributed by atoms with Gasteiger partial charge in [-0.1, -0.05) is 36.9 Å². The number of nitrogens with one attached hydrogen (secondary N) is 2. The zero-order valence-electron chi connectivity index (χ0n) is 22.2. The van der Waals surface area contributed by atoms with Gasteiger partial charge in [-0.3, -0.25) is 9.69 Å². The molecule has 11 heteroatoms. The standard InChI is InChI=1S/C28H35ClN6O4/c1-18-25(39-17-33-18)15-38-24-8-7-19-13-35(10-9-22(19)27(24)29)14-21(36)12-30-28(37)23-11-26(32-16-31-23)34-20-5-3-2-4-6-20/h7-8,11,16-17,20-21,36H,2-6,9-10,12-15H2,1H3,(H,30,37)(H,31,32,34)/t21-/m0/s1. The highest BCUT2D eigenvalue weighted by Crippen LogP contribution is 2.34. The molecule has 1 saturated carbocycles. The number of amides is 1. The van der Waals surface area contributed by atoms with Crippen molar-refractivity contribution in [2.24, 2.45) is 0 Å². The van der Waals surface area contributed by atoms with E-state index in [0.29, 0.717) is 41.5 Å². The SMILES string of the molecule is Cc1ncoc1COc1ccc2c(c1Cl)CCN(C[C@@H](O)CNC(=O)c1cc(NC3CCCCC3)ncn1)C2. The predicted octanol–water partition coefficient (Wildman–Crippen LogP) is 3.90. The van der Waals surface area contributed by atoms with E-state index >= 15 is 0 Å². The van der Waals surface area contributed by atoms with Gasteiger partial charge in [-0.05, 0) is 43.4 Å². The minimum atomic E-state index is -0.722. The Kier molecular flexibility index (Phi) is 8.95. The van der Waals surface area contributed by atoms with E-state index in [9.17, 15) is 9.90 Å². The van der Waals surface area contributed by atoms with Crippen LogP contribution in [0.25, 0.3) is 0 Å². The molecule has 5 rings (SSSR count). The van der Waals surface area contributed by atoms with Crippen molar-refractivity contribution in [2.75, 3.05) is 25.0 Å². The smallest absolute Gasteiger partial charge is 0.270 e. The highest BCUT2D eigenvalue weighted by Gasteiger charge is 2.23. The summed E-state index contributed by atoms with van der Waals surface area (Å²) in [5.74, 6) is 1.62. The minimum absolute atomic E-state index is 0.131. The fourth-order valence-corrected chi connectivity index (χ4v) is 5.54. The van der Waals surface area contributed by atoms with Crippen molar-refractivity contribution in [3.8, 4) is 5.75 Å². The third-order valence-electron chi connectivity index (χ3n) is 7.40. The maximum Gasteiger partial charge on any atom is 0.270 e. The lowest BCUT2D eigenvalue weighted by atomic mass is 9.95. The van der Waals surface area contributed by atoms with Crippen LogP contribution in [-0.4, -0.2) is 62.6 Å². The van der Waals surface area contributed by atoms with Crippen LogP contribution in [0.4, 0.5) is 5.82 Å². The lowest BCUT2D eigenvalue weighted by Crippen LogP contribution is -2.42. The van der Waals surface area contributed by atoms with Gasteiger partial charge in [-0.25, -0.2) is 15.0 Å². The Morgan fingerprint density at radius 2 is 2.10 bits per heavy atom. The van der Waals surface area contributed by atoms with E-state index in [1.807, 2.05) is 19.1 Å². The van der Waals surface area contributed by atoms with Crippen LogP contribution in [0.1, 0.15) is 65.2 Å². The maximum absolute atomic E-state index is 12.7. The first-order chi connectivity index (χ1) is 19.0. The van der Waals surface area contributed by atoms with E-state index in [-0.39, 0.29) is 24.8 Å². The number of hydrogen-bond donors (Lipinski definition) is 3. The molecule has 0 saturated heterocycles. The maximum atomic E-state index is 12.7. The van der Waals surface area contributed by atoms with E-state index < -0.39 is 6.10 Å². The van der Waals surface area contributed by atoms with Gasteiger partial charge in [-0.15, -0.1) is 0 Å². The number of nitrogens with zero attached hydrogens (tertiary/aromatic N) is 4. The fraction of sp³-hybridized carbons (Fsp3) is 0.500. The van der Waals surface area contributed by atoms with Crippen molar-refractivity contribution in [3.05, 3.63) is 64.2 Å². The molecule has 39 heavy (non-hydrogen) atoms. The number of anilines is 1. The number of β-amino-alcohol motifs (C(OH)–C–C–N with tert-alkyl or cyclic N) is 1. The number of halogens is 1. The second-order valence-corrected chi connectivity index (χ2v) is 10.7. The van der Waals surface area contributed by atoms with E-state index in [0.717, 1.165) is 42.6 Å². The molecule has 1 fully saturated rings. The number of rotatable bonds is 10. The molecule has 0 unspecified atom stereocenters. The number of aliphatic hydroxyl groups is 1. The molecule has 1 aliphatic carbocycles. The Balaban J connectivity index is 1.09. The van der Waals surface area contributed by atoms with Gasteiger partial charge in [0.05, 0.1) is 16.8 Å². The van der Waals surface area contributed by atoms with Crippen LogP contribution in [0, 0.1) is 6.92 Å². The summed E-state index contributed by atoms with van der Waals surface area (Å²) in [5.41, 5.74) is 3.24. The number of ether oxygens (including phenoxy) is 1. The zero-order valence-corrected chi connectivity index (χ0v) is 22.9. The van der Waals surface area contributed by atoms with Crippen molar-refractivity contribution in [3.63, 3.8) is 0 Å². The van der Waals surface area contributed by atoms with Crippen molar-refractivity contribution in [2.45, 2.75) is 70.7 Å². The van der Waals surface area contributed by atoms with Gasteiger partial charge in [-0.2, -0.15) is 0 Å². The van der Waals surface area contributed by atoms with Crippen molar-refractivity contribution in [1.82, 2.24) is 25.2 Å². The first-order valence-electron chi connectivity index (χ1n) is 13.6. The normalized spacial score (nSPS) is 16.9. The fourth-order valence-electron chi connectivity index (χ4n) is 5.20. The summed E-state index contributed by atoms with van der Waals surface area (Å²) in [7, 11) is 0. The molecule has 1 aromatic carbocycles. The lowest BCUT2D eigenvalue weighted by molar-refractivity contribution is 0.0838. The Morgan fingerprint density at radius 1 is 1.26 bits per heavy atom. The van der Waals surface area contributed by atoms with E-state index in [2.05, 4.69) is 30.5 Å². The summed E-state index contributed by atoms with van der Waals surface area (Å²) in [6.45, 7) is 4.09. The summed E-state index contributed by atoms with van der Waals surface area (Å²) < 4.78 is 11.2. The molecule has 1 atom stereocenters. The molecule has 1 aliphatic heterocycles. The Hall–Kier alpha value is -3.21.